The van der Waals surface area contributed by atoms with Gasteiger partial charge in [0.15, 0.2) is 0 Å². The third-order valence-electron chi connectivity index (χ3n) is 2.03. The van der Waals surface area contributed by atoms with Crippen LogP contribution in [-0.4, -0.2) is 10.7 Å². The summed E-state index contributed by atoms with van der Waals surface area (Å²) in [4.78, 5) is 0. The first kappa shape index (κ1) is 11.0. The lowest BCUT2D eigenvalue weighted by molar-refractivity contribution is 0.0639. The summed E-state index contributed by atoms with van der Waals surface area (Å²) in [5, 5.41) is 9.43. The van der Waals surface area contributed by atoms with Crippen LogP contribution in [0, 0.1) is 5.92 Å². The first-order valence-electron chi connectivity index (χ1n) is 4.68. The molecule has 0 fully saturated rings. The minimum absolute atomic E-state index is 0.470. The molecule has 1 unspecified atom stereocenters. The predicted octanol–water partition coefficient (Wildman–Crippen LogP) is 2.97. The topological polar surface area (TPSA) is 20.2 Å². The highest BCUT2D eigenvalue weighted by molar-refractivity contribution is 4.66. The maximum absolute atomic E-state index is 9.43. The van der Waals surface area contributed by atoms with Gasteiger partial charge < -0.3 is 5.11 Å². The van der Waals surface area contributed by atoms with Gasteiger partial charge in [0.2, 0.25) is 0 Å². The molecule has 0 aliphatic heterocycles. The van der Waals surface area contributed by atoms with Crippen molar-refractivity contribution < 1.29 is 5.11 Å². The fraction of sp³-hybridized carbons (Fsp3) is 1.00. The van der Waals surface area contributed by atoms with Crippen molar-refractivity contribution in [2.45, 2.75) is 59.0 Å². The van der Waals surface area contributed by atoms with Gasteiger partial charge >= 0.3 is 0 Å². The zero-order valence-electron chi connectivity index (χ0n) is 8.35. The van der Waals surface area contributed by atoms with Gasteiger partial charge in [-0.1, -0.05) is 26.7 Å². The Balaban J connectivity index is 3.38. The number of hydrogen-bond donors (Lipinski definition) is 1. The fourth-order valence-corrected chi connectivity index (χ4v) is 1.24. The molecule has 68 valence electrons. The Hall–Kier alpha value is -0.0400. The third kappa shape index (κ3) is 7.86. The molecule has 0 radical (unpaired) electrons. The molecule has 0 aliphatic rings. The van der Waals surface area contributed by atoms with Crippen LogP contribution in [-0.2, 0) is 0 Å². The van der Waals surface area contributed by atoms with Crippen LogP contribution in [0.15, 0.2) is 0 Å². The van der Waals surface area contributed by atoms with E-state index in [1.165, 1.54) is 12.8 Å². The molecule has 1 atom stereocenters. The lowest BCUT2D eigenvalue weighted by Gasteiger charge is -2.19. The summed E-state index contributed by atoms with van der Waals surface area (Å²) >= 11 is 0. The molecule has 11 heavy (non-hydrogen) atoms. The second-order valence-electron chi connectivity index (χ2n) is 4.24. The maximum atomic E-state index is 9.43. The van der Waals surface area contributed by atoms with Gasteiger partial charge in [0.25, 0.3) is 0 Å². The summed E-state index contributed by atoms with van der Waals surface area (Å²) in [6.07, 6.45) is 4.62. The quantitative estimate of drug-likeness (QED) is 0.652. The Morgan fingerprint density at radius 2 is 1.82 bits per heavy atom. The van der Waals surface area contributed by atoms with E-state index in [1.54, 1.807) is 0 Å². The van der Waals surface area contributed by atoms with Crippen LogP contribution in [0.5, 0.6) is 0 Å². The molecule has 0 aromatic heterocycles. The molecule has 1 nitrogen and oxygen atoms in total. The van der Waals surface area contributed by atoms with Crippen molar-refractivity contribution in [3.8, 4) is 0 Å². The summed E-state index contributed by atoms with van der Waals surface area (Å²) in [5.41, 5.74) is -0.470. The summed E-state index contributed by atoms with van der Waals surface area (Å²) in [6, 6.07) is 0. The first-order chi connectivity index (χ1) is 4.95. The monoisotopic (exact) mass is 158 g/mol. The second-order valence-corrected chi connectivity index (χ2v) is 4.24. The molecule has 0 saturated heterocycles. The van der Waals surface area contributed by atoms with E-state index >= 15 is 0 Å². The van der Waals surface area contributed by atoms with Gasteiger partial charge in [-0.05, 0) is 32.6 Å². The van der Waals surface area contributed by atoms with Crippen LogP contribution in [0.25, 0.3) is 0 Å². The largest absolute Gasteiger partial charge is 0.390 e. The van der Waals surface area contributed by atoms with E-state index in [2.05, 4.69) is 13.8 Å². The number of aliphatic hydroxyl groups is 1. The molecule has 0 bridgehead atoms. The summed E-state index contributed by atoms with van der Waals surface area (Å²) in [7, 11) is 0. The van der Waals surface area contributed by atoms with Gasteiger partial charge in [-0.25, -0.2) is 0 Å². The molecular formula is C10H22O. The van der Waals surface area contributed by atoms with E-state index in [9.17, 15) is 5.11 Å². The Labute approximate surface area is 70.8 Å². The molecule has 0 amide bonds. The third-order valence-corrected chi connectivity index (χ3v) is 2.03. The van der Waals surface area contributed by atoms with Crippen molar-refractivity contribution in [3.05, 3.63) is 0 Å². The van der Waals surface area contributed by atoms with Crippen molar-refractivity contribution in [1.82, 2.24) is 0 Å². The molecule has 0 aromatic carbocycles. The molecule has 0 heterocycles. The van der Waals surface area contributed by atoms with Crippen molar-refractivity contribution >= 4 is 0 Å². The standard InChI is InChI=1S/C10H22O/c1-5-6-9(2)7-8-10(3,4)11/h9,11H,5-8H2,1-4H3. The number of hydrogen-bond acceptors (Lipinski definition) is 1. The second kappa shape index (κ2) is 4.76. The average molecular weight is 158 g/mol. The average Bonchev–Trinajstić information content (AvgIpc) is 1.83. The van der Waals surface area contributed by atoms with Crippen LogP contribution in [0.3, 0.4) is 0 Å². The predicted molar refractivity (Wildman–Crippen MR) is 49.6 cm³/mol. The normalized spacial score (nSPS) is 15.0. The molecule has 1 N–H and O–H groups in total. The Morgan fingerprint density at radius 1 is 1.27 bits per heavy atom. The smallest absolute Gasteiger partial charge is 0.0591 e. The lowest BCUT2D eigenvalue weighted by Crippen LogP contribution is -2.19. The fourth-order valence-electron chi connectivity index (χ4n) is 1.24. The van der Waals surface area contributed by atoms with Gasteiger partial charge in [-0.15, -0.1) is 0 Å². The minimum atomic E-state index is -0.470. The van der Waals surface area contributed by atoms with Gasteiger partial charge in [-0.3, -0.25) is 0 Å². The van der Waals surface area contributed by atoms with E-state index in [4.69, 9.17) is 0 Å². The van der Waals surface area contributed by atoms with E-state index in [0.29, 0.717) is 0 Å². The molecule has 0 aromatic rings. The first-order valence-corrected chi connectivity index (χ1v) is 4.68. The van der Waals surface area contributed by atoms with Crippen molar-refractivity contribution in [2.24, 2.45) is 5.92 Å². The summed E-state index contributed by atoms with van der Waals surface area (Å²) in [5.74, 6) is 0.770. The molecular weight excluding hydrogens is 136 g/mol. The van der Waals surface area contributed by atoms with Gasteiger partial charge in [0.1, 0.15) is 0 Å². The van der Waals surface area contributed by atoms with Crippen molar-refractivity contribution in [2.75, 3.05) is 0 Å². The molecule has 0 aliphatic carbocycles. The van der Waals surface area contributed by atoms with Crippen LogP contribution in [0.1, 0.15) is 53.4 Å². The van der Waals surface area contributed by atoms with Gasteiger partial charge in [0.05, 0.1) is 5.60 Å². The van der Waals surface area contributed by atoms with Crippen LogP contribution in [0.4, 0.5) is 0 Å². The van der Waals surface area contributed by atoms with Crippen LogP contribution >= 0.6 is 0 Å². The minimum Gasteiger partial charge on any atom is -0.390 e. The Kier molecular flexibility index (Phi) is 4.74. The van der Waals surface area contributed by atoms with E-state index in [1.807, 2.05) is 13.8 Å². The highest BCUT2D eigenvalue weighted by Crippen LogP contribution is 2.18. The maximum Gasteiger partial charge on any atom is 0.0591 e. The summed E-state index contributed by atoms with van der Waals surface area (Å²) < 4.78 is 0. The molecule has 0 rings (SSSR count). The van der Waals surface area contributed by atoms with E-state index in [0.717, 1.165) is 18.8 Å². The van der Waals surface area contributed by atoms with E-state index < -0.39 is 5.60 Å². The Bertz CT molecular complexity index is 91.5. The SMILES string of the molecule is CCCC(C)CCC(C)(C)O. The lowest BCUT2D eigenvalue weighted by atomic mass is 9.93. The molecule has 1 heteroatoms. The van der Waals surface area contributed by atoms with Crippen molar-refractivity contribution in [1.29, 1.82) is 0 Å². The molecule has 0 saturated carbocycles. The number of rotatable bonds is 5. The van der Waals surface area contributed by atoms with E-state index in [-0.39, 0.29) is 0 Å². The van der Waals surface area contributed by atoms with Crippen LogP contribution < -0.4 is 0 Å². The summed E-state index contributed by atoms with van der Waals surface area (Å²) in [6.45, 7) is 8.23. The zero-order valence-corrected chi connectivity index (χ0v) is 8.35. The Morgan fingerprint density at radius 3 is 2.18 bits per heavy atom. The molecule has 0 spiro atoms. The van der Waals surface area contributed by atoms with Gasteiger partial charge in [-0.2, -0.15) is 0 Å². The highest BCUT2D eigenvalue weighted by atomic mass is 16.3. The van der Waals surface area contributed by atoms with Crippen LogP contribution in [0.2, 0.25) is 0 Å². The highest BCUT2D eigenvalue weighted by Gasteiger charge is 2.13. The zero-order chi connectivity index (χ0) is 8.91. The van der Waals surface area contributed by atoms with Crippen molar-refractivity contribution in [3.63, 3.8) is 0 Å². The van der Waals surface area contributed by atoms with Gasteiger partial charge in [0, 0.05) is 0 Å².